The third kappa shape index (κ3) is 6.54. The number of para-hydroxylation sites is 2. The molecule has 13 rings (SSSR count). The maximum absolute atomic E-state index is 2.78. The molecule has 0 amide bonds. The molecule has 0 saturated heterocycles. The normalized spacial score (nSPS) is 11.8. The minimum Gasteiger partial charge on any atom is -0.309 e. The molecule has 0 aliphatic heterocycles. The lowest BCUT2D eigenvalue weighted by molar-refractivity contribution is 1.17. The molecule has 0 spiro atoms. The molecule has 3 heteroatoms. The van der Waals surface area contributed by atoms with Crippen LogP contribution >= 0.6 is 0 Å². The zero-order chi connectivity index (χ0) is 45.7. The van der Waals surface area contributed by atoms with Crippen LogP contribution in [0.1, 0.15) is 0 Å². The molecule has 0 aliphatic carbocycles. The second kappa shape index (κ2) is 16.8. The average Bonchev–Trinajstić information content (AvgIpc) is 3.95. The third-order valence-corrected chi connectivity index (χ3v) is 19.0. The van der Waals surface area contributed by atoms with Crippen molar-refractivity contribution in [3.63, 3.8) is 0 Å². The number of hydrogen-bond donors (Lipinski definition) is 0. The van der Waals surface area contributed by atoms with Crippen LogP contribution in [0.3, 0.4) is 0 Å². The Hall–Kier alpha value is -8.76. The highest BCUT2D eigenvalue weighted by Crippen LogP contribution is 2.45. The average molecular weight is 895 g/mol. The summed E-state index contributed by atoms with van der Waals surface area (Å²) in [4.78, 5) is 0. The summed E-state index contributed by atoms with van der Waals surface area (Å²) in [7, 11) is -2.78. The van der Waals surface area contributed by atoms with E-state index in [1.165, 1.54) is 97.9 Å². The highest BCUT2D eigenvalue weighted by molar-refractivity contribution is 7.20. The fourth-order valence-corrected chi connectivity index (χ4v) is 16.1. The maximum Gasteiger partial charge on any atom is 0.179 e. The lowest BCUT2D eigenvalue weighted by atomic mass is 9.95. The van der Waals surface area contributed by atoms with E-state index < -0.39 is 8.07 Å². The van der Waals surface area contributed by atoms with Crippen LogP contribution in [0.15, 0.2) is 279 Å². The number of hydrogen-bond acceptors (Lipinski definition) is 0. The molecular weight excluding hydrogens is 849 g/mol. The van der Waals surface area contributed by atoms with Gasteiger partial charge in [0.1, 0.15) is 0 Å². The number of benzene rings is 11. The molecule has 0 bridgehead atoms. The van der Waals surface area contributed by atoms with Crippen molar-refractivity contribution in [1.29, 1.82) is 0 Å². The Balaban J connectivity index is 1.10. The first-order valence-electron chi connectivity index (χ1n) is 23.8. The first kappa shape index (κ1) is 40.5. The molecule has 0 aliphatic rings. The summed E-state index contributed by atoms with van der Waals surface area (Å²) in [5.74, 6) is 0. The van der Waals surface area contributed by atoms with E-state index in [9.17, 15) is 0 Å². The molecule has 13 aromatic rings. The largest absolute Gasteiger partial charge is 0.309 e. The van der Waals surface area contributed by atoms with Gasteiger partial charge in [-0.15, -0.1) is 0 Å². The van der Waals surface area contributed by atoms with Crippen LogP contribution in [0.4, 0.5) is 0 Å². The first-order chi connectivity index (χ1) is 34.3. The molecule has 324 valence electrons. The van der Waals surface area contributed by atoms with Crippen LogP contribution in [0.2, 0.25) is 0 Å². The van der Waals surface area contributed by atoms with Gasteiger partial charge in [0.05, 0.1) is 27.8 Å². The molecule has 2 aromatic heterocycles. The Morgan fingerprint density at radius 1 is 0.246 bits per heavy atom. The zero-order valence-corrected chi connectivity index (χ0v) is 39.0. The molecule has 69 heavy (non-hydrogen) atoms. The fourth-order valence-electron chi connectivity index (χ4n) is 11.3. The van der Waals surface area contributed by atoms with Gasteiger partial charge >= 0.3 is 0 Å². The van der Waals surface area contributed by atoms with E-state index in [-0.39, 0.29) is 0 Å². The van der Waals surface area contributed by atoms with Gasteiger partial charge in [-0.25, -0.2) is 0 Å². The van der Waals surface area contributed by atoms with E-state index in [2.05, 4.69) is 288 Å². The van der Waals surface area contributed by atoms with Gasteiger partial charge in [0, 0.05) is 38.4 Å². The number of aromatic nitrogens is 2. The summed E-state index contributed by atoms with van der Waals surface area (Å²) < 4.78 is 5.02. The van der Waals surface area contributed by atoms with Gasteiger partial charge < -0.3 is 9.13 Å². The van der Waals surface area contributed by atoms with Crippen molar-refractivity contribution in [3.8, 4) is 44.8 Å². The van der Waals surface area contributed by atoms with Gasteiger partial charge in [-0.05, 0) is 79.4 Å². The van der Waals surface area contributed by atoms with E-state index in [1.54, 1.807) is 0 Å². The Morgan fingerprint density at radius 3 is 1.23 bits per heavy atom. The van der Waals surface area contributed by atoms with Crippen LogP contribution in [0.25, 0.3) is 88.4 Å². The Bertz CT molecular complexity index is 3820. The summed E-state index contributed by atoms with van der Waals surface area (Å²) in [5, 5.41) is 10.4. The Morgan fingerprint density at radius 2 is 0.667 bits per heavy atom. The van der Waals surface area contributed by atoms with Crippen LogP contribution in [-0.2, 0) is 0 Å². The fraction of sp³-hybridized carbons (Fsp3) is 0. The molecule has 2 nitrogen and oxygen atoms in total. The van der Waals surface area contributed by atoms with E-state index >= 15 is 0 Å². The highest BCUT2D eigenvalue weighted by atomic mass is 28.3. The predicted octanol–water partition coefficient (Wildman–Crippen LogP) is 14.3. The third-order valence-electron chi connectivity index (χ3n) is 14.3. The molecule has 0 radical (unpaired) electrons. The highest BCUT2D eigenvalue weighted by Gasteiger charge is 2.41. The zero-order valence-electron chi connectivity index (χ0n) is 38.0. The van der Waals surface area contributed by atoms with Crippen molar-refractivity contribution >= 4 is 72.4 Å². The molecule has 0 unspecified atom stereocenters. The quantitative estimate of drug-likeness (QED) is 0.101. The number of nitrogens with zero attached hydrogens (tertiary/aromatic N) is 2. The summed E-state index contributed by atoms with van der Waals surface area (Å²) in [5.41, 5.74) is 14.1. The van der Waals surface area contributed by atoms with Crippen molar-refractivity contribution in [1.82, 2.24) is 9.13 Å². The molecular formula is C66H46N2Si. The van der Waals surface area contributed by atoms with E-state index in [1.807, 2.05) is 0 Å². The van der Waals surface area contributed by atoms with Crippen LogP contribution < -0.4 is 20.7 Å². The Kier molecular flexibility index (Phi) is 9.88. The van der Waals surface area contributed by atoms with Crippen LogP contribution in [0.5, 0.6) is 0 Å². The molecule has 11 aromatic carbocycles. The van der Waals surface area contributed by atoms with Crippen molar-refractivity contribution in [2.75, 3.05) is 0 Å². The minimum absolute atomic E-state index is 1.13. The Labute approximate surface area is 403 Å². The summed E-state index contributed by atoms with van der Waals surface area (Å²) in [6.07, 6.45) is 0. The van der Waals surface area contributed by atoms with Gasteiger partial charge in [-0.3, -0.25) is 0 Å². The molecule has 0 atom stereocenters. The van der Waals surface area contributed by atoms with Crippen molar-refractivity contribution < 1.29 is 0 Å². The van der Waals surface area contributed by atoms with E-state index in [4.69, 9.17) is 0 Å². The predicted molar refractivity (Wildman–Crippen MR) is 295 cm³/mol. The van der Waals surface area contributed by atoms with Gasteiger partial charge in [0.15, 0.2) is 8.07 Å². The number of rotatable bonds is 9. The van der Waals surface area contributed by atoms with E-state index in [0.717, 1.165) is 11.2 Å². The topological polar surface area (TPSA) is 9.86 Å². The second-order valence-corrected chi connectivity index (χ2v) is 21.8. The standard InChI is InChI=1S/C66H46N2Si/c1-7-23-47(24-8-1)55-36-22-40-64-65(55)60-45-50(41-43-63(60)68(64)66-56(48-25-9-2-10-26-48)37-21-38-57(66)49-27-11-3-12-28-49)67-61-39-20-19-35-58(61)59-46-54(42-44-62(59)67)69(51-29-13-4-14-30-51,52-31-15-5-16-32-52)53-33-17-6-18-34-53/h1-46H. The lowest BCUT2D eigenvalue weighted by Gasteiger charge is -2.34. The monoisotopic (exact) mass is 894 g/mol. The molecule has 0 saturated carbocycles. The van der Waals surface area contributed by atoms with Crippen LogP contribution in [-0.4, -0.2) is 17.2 Å². The molecule has 0 N–H and O–H groups in total. The van der Waals surface area contributed by atoms with Crippen molar-refractivity contribution in [2.45, 2.75) is 0 Å². The van der Waals surface area contributed by atoms with Gasteiger partial charge in [-0.1, -0.05) is 243 Å². The van der Waals surface area contributed by atoms with Crippen LogP contribution in [0, 0.1) is 0 Å². The van der Waals surface area contributed by atoms with Crippen molar-refractivity contribution in [3.05, 3.63) is 279 Å². The smallest absolute Gasteiger partial charge is 0.179 e. The first-order valence-corrected chi connectivity index (χ1v) is 25.8. The van der Waals surface area contributed by atoms with Gasteiger partial charge in [0.2, 0.25) is 0 Å². The summed E-state index contributed by atoms with van der Waals surface area (Å²) in [6, 6.07) is 103. The van der Waals surface area contributed by atoms with E-state index in [0.29, 0.717) is 0 Å². The molecule has 0 fully saturated rings. The minimum atomic E-state index is -2.78. The maximum atomic E-state index is 2.53. The van der Waals surface area contributed by atoms with Gasteiger partial charge in [0.25, 0.3) is 0 Å². The number of fused-ring (bicyclic) bond motifs is 6. The summed E-state index contributed by atoms with van der Waals surface area (Å²) >= 11 is 0. The summed E-state index contributed by atoms with van der Waals surface area (Å²) in [6.45, 7) is 0. The van der Waals surface area contributed by atoms with Gasteiger partial charge in [-0.2, -0.15) is 0 Å². The van der Waals surface area contributed by atoms with Crippen molar-refractivity contribution in [2.24, 2.45) is 0 Å². The lowest BCUT2D eigenvalue weighted by Crippen LogP contribution is -2.74. The SMILES string of the molecule is c1ccc(-c2cccc(-c3ccccc3)c2-n2c3ccc(-n4c5ccccc5c5cc([Si](c6ccccc6)(c6ccccc6)c6ccccc6)ccc54)cc3c3c(-c4ccccc4)cccc32)cc1. The molecule has 2 heterocycles. The second-order valence-electron chi connectivity index (χ2n) is 18.0.